The Morgan fingerprint density at radius 2 is 1.88 bits per heavy atom. The van der Waals surface area contributed by atoms with Crippen molar-refractivity contribution in [3.63, 3.8) is 0 Å². The minimum Gasteiger partial charge on any atom is -0.497 e. The van der Waals surface area contributed by atoms with E-state index in [0.29, 0.717) is 22.4 Å². The van der Waals surface area contributed by atoms with Crippen molar-refractivity contribution in [2.75, 3.05) is 12.4 Å². The minimum absolute atomic E-state index is 0.228. The number of fused-ring (bicyclic) bond motifs is 1. The highest BCUT2D eigenvalue weighted by molar-refractivity contribution is 7.98. The molecule has 32 heavy (non-hydrogen) atoms. The molecule has 0 saturated carbocycles. The predicted molar refractivity (Wildman–Crippen MR) is 125 cm³/mol. The standard InChI is InChI=1S/C24H26N4O3S/c1-15(2)31-22(29)20-16(3)25-23-26-24(32-14-17-8-6-5-7-9-17)27-28(23)21(20)18-10-12-19(30-4)13-11-18/h5-13,15,21H,14H2,1-4H3,(H,25,26,27). The molecule has 166 valence electrons. The van der Waals surface area contributed by atoms with Crippen LogP contribution in [0.1, 0.15) is 37.9 Å². The van der Waals surface area contributed by atoms with Gasteiger partial charge in [-0.05, 0) is 44.0 Å². The van der Waals surface area contributed by atoms with Crippen LogP contribution >= 0.6 is 11.8 Å². The second-order valence-corrected chi connectivity index (χ2v) is 8.67. The molecule has 1 atom stereocenters. The van der Waals surface area contributed by atoms with Gasteiger partial charge in [-0.2, -0.15) is 4.98 Å². The Morgan fingerprint density at radius 3 is 2.53 bits per heavy atom. The lowest BCUT2D eigenvalue weighted by Gasteiger charge is -2.28. The van der Waals surface area contributed by atoms with E-state index >= 15 is 0 Å². The van der Waals surface area contributed by atoms with Crippen molar-refractivity contribution in [1.29, 1.82) is 0 Å². The molecule has 0 saturated heterocycles. The summed E-state index contributed by atoms with van der Waals surface area (Å²) in [5.74, 6) is 1.73. The fourth-order valence-corrected chi connectivity index (χ4v) is 4.34. The number of allylic oxidation sites excluding steroid dienone is 1. The number of aromatic nitrogens is 3. The first-order valence-electron chi connectivity index (χ1n) is 10.4. The lowest BCUT2D eigenvalue weighted by molar-refractivity contribution is -0.143. The van der Waals surface area contributed by atoms with Crippen LogP contribution in [-0.2, 0) is 15.3 Å². The number of thioether (sulfide) groups is 1. The van der Waals surface area contributed by atoms with Crippen molar-refractivity contribution in [3.8, 4) is 5.75 Å². The minimum atomic E-state index is -0.456. The lowest BCUT2D eigenvalue weighted by Crippen LogP contribution is -2.30. The zero-order chi connectivity index (χ0) is 22.7. The highest BCUT2D eigenvalue weighted by atomic mass is 32.2. The summed E-state index contributed by atoms with van der Waals surface area (Å²) in [6.07, 6.45) is -0.228. The number of hydrogen-bond donors (Lipinski definition) is 1. The zero-order valence-corrected chi connectivity index (χ0v) is 19.3. The Labute approximate surface area is 191 Å². The van der Waals surface area contributed by atoms with Crippen LogP contribution in [0.4, 0.5) is 5.95 Å². The summed E-state index contributed by atoms with van der Waals surface area (Å²) in [6.45, 7) is 5.54. The Bertz CT molecular complexity index is 1120. The van der Waals surface area contributed by atoms with Crippen molar-refractivity contribution < 1.29 is 14.3 Å². The number of ether oxygens (including phenoxy) is 2. The van der Waals surface area contributed by atoms with Gasteiger partial charge >= 0.3 is 5.97 Å². The van der Waals surface area contributed by atoms with E-state index in [1.807, 2.05) is 63.2 Å². The number of carbonyl (C=O) groups is 1. The number of nitrogens with zero attached hydrogens (tertiary/aromatic N) is 3. The summed E-state index contributed by atoms with van der Waals surface area (Å²) in [7, 11) is 1.63. The summed E-state index contributed by atoms with van der Waals surface area (Å²) in [5.41, 5.74) is 3.31. The van der Waals surface area contributed by atoms with Gasteiger partial charge in [0.25, 0.3) is 0 Å². The van der Waals surface area contributed by atoms with Gasteiger partial charge < -0.3 is 14.8 Å². The van der Waals surface area contributed by atoms with E-state index < -0.39 is 6.04 Å². The van der Waals surface area contributed by atoms with Gasteiger partial charge in [-0.15, -0.1) is 5.10 Å². The highest BCUT2D eigenvalue weighted by Gasteiger charge is 2.35. The summed E-state index contributed by atoms with van der Waals surface area (Å²) < 4.78 is 12.6. The number of esters is 1. The maximum Gasteiger partial charge on any atom is 0.338 e. The number of anilines is 1. The fourth-order valence-electron chi connectivity index (χ4n) is 3.55. The van der Waals surface area contributed by atoms with Crippen molar-refractivity contribution in [2.45, 2.75) is 43.8 Å². The molecule has 1 N–H and O–H groups in total. The third kappa shape index (κ3) is 4.65. The molecule has 8 heteroatoms. The van der Waals surface area contributed by atoms with Crippen LogP contribution in [0.2, 0.25) is 0 Å². The van der Waals surface area contributed by atoms with E-state index in [1.165, 1.54) is 5.56 Å². The number of nitrogens with one attached hydrogen (secondary N) is 1. The maximum absolute atomic E-state index is 13.0. The molecule has 3 aromatic rings. The van der Waals surface area contributed by atoms with Crippen LogP contribution in [-0.4, -0.2) is 33.9 Å². The van der Waals surface area contributed by atoms with E-state index in [2.05, 4.69) is 22.4 Å². The number of carbonyl (C=O) groups excluding carboxylic acids is 1. The Balaban J connectivity index is 1.70. The first-order chi connectivity index (χ1) is 15.5. The molecule has 0 fully saturated rings. The number of rotatable bonds is 7. The van der Waals surface area contributed by atoms with Crippen LogP contribution < -0.4 is 10.1 Å². The smallest absolute Gasteiger partial charge is 0.338 e. The molecule has 0 bridgehead atoms. The van der Waals surface area contributed by atoms with E-state index in [0.717, 1.165) is 17.1 Å². The van der Waals surface area contributed by atoms with E-state index in [9.17, 15) is 4.79 Å². The monoisotopic (exact) mass is 450 g/mol. The molecule has 1 aliphatic heterocycles. The van der Waals surface area contributed by atoms with Crippen LogP contribution in [0.5, 0.6) is 5.75 Å². The Hall–Kier alpha value is -3.26. The van der Waals surface area contributed by atoms with Crippen LogP contribution in [0.15, 0.2) is 71.0 Å². The topological polar surface area (TPSA) is 78.3 Å². The van der Waals surface area contributed by atoms with Gasteiger partial charge in [0.15, 0.2) is 0 Å². The molecule has 2 aromatic carbocycles. The second-order valence-electron chi connectivity index (χ2n) is 7.73. The van der Waals surface area contributed by atoms with Crippen molar-refractivity contribution in [2.24, 2.45) is 0 Å². The molecule has 1 aromatic heterocycles. The lowest BCUT2D eigenvalue weighted by atomic mass is 9.95. The fraction of sp³-hybridized carbons (Fsp3) is 0.292. The molecule has 0 amide bonds. The molecule has 1 aliphatic rings. The van der Waals surface area contributed by atoms with Crippen LogP contribution in [0.3, 0.4) is 0 Å². The highest BCUT2D eigenvalue weighted by Crippen LogP contribution is 2.37. The molecule has 7 nitrogen and oxygen atoms in total. The van der Waals surface area contributed by atoms with Gasteiger partial charge in [0, 0.05) is 11.4 Å². The molecular weight excluding hydrogens is 424 g/mol. The number of hydrogen-bond acceptors (Lipinski definition) is 7. The molecule has 0 aliphatic carbocycles. The van der Waals surface area contributed by atoms with Crippen LogP contribution in [0.25, 0.3) is 0 Å². The molecule has 4 rings (SSSR count). The third-order valence-corrected chi connectivity index (χ3v) is 5.95. The molecule has 2 heterocycles. The quantitative estimate of drug-likeness (QED) is 0.408. The van der Waals surface area contributed by atoms with Crippen LogP contribution in [0, 0.1) is 0 Å². The van der Waals surface area contributed by atoms with Gasteiger partial charge in [0.1, 0.15) is 11.8 Å². The zero-order valence-electron chi connectivity index (χ0n) is 18.5. The van der Waals surface area contributed by atoms with Gasteiger partial charge in [-0.3, -0.25) is 0 Å². The van der Waals surface area contributed by atoms with E-state index in [-0.39, 0.29) is 12.1 Å². The predicted octanol–water partition coefficient (Wildman–Crippen LogP) is 4.82. The molecule has 0 spiro atoms. The van der Waals surface area contributed by atoms with Crippen molar-refractivity contribution in [3.05, 3.63) is 77.0 Å². The molecule has 1 unspecified atom stereocenters. The summed E-state index contributed by atoms with van der Waals surface area (Å²) in [6, 6.07) is 17.4. The maximum atomic E-state index is 13.0. The third-order valence-electron chi connectivity index (χ3n) is 5.04. The molecular formula is C24H26N4O3S. The number of benzene rings is 2. The average Bonchev–Trinajstić information content (AvgIpc) is 3.19. The Morgan fingerprint density at radius 1 is 1.16 bits per heavy atom. The summed E-state index contributed by atoms with van der Waals surface area (Å²) >= 11 is 1.55. The first kappa shape index (κ1) is 22.0. The number of methoxy groups -OCH3 is 1. The average molecular weight is 451 g/mol. The van der Waals surface area contributed by atoms with Crippen molar-refractivity contribution in [1.82, 2.24) is 14.8 Å². The van der Waals surface area contributed by atoms with Gasteiger partial charge in [-0.25, -0.2) is 9.48 Å². The van der Waals surface area contributed by atoms with Gasteiger partial charge in [0.05, 0.1) is 18.8 Å². The molecule has 0 radical (unpaired) electrons. The second kappa shape index (κ2) is 9.48. The van der Waals surface area contributed by atoms with Crippen molar-refractivity contribution >= 4 is 23.7 Å². The Kier molecular flexibility index (Phi) is 6.50. The normalized spacial score (nSPS) is 15.3. The first-order valence-corrected chi connectivity index (χ1v) is 11.4. The van der Waals surface area contributed by atoms with E-state index in [4.69, 9.17) is 14.6 Å². The van der Waals surface area contributed by atoms with E-state index in [1.54, 1.807) is 23.6 Å². The van der Waals surface area contributed by atoms with Gasteiger partial charge in [0.2, 0.25) is 11.1 Å². The summed E-state index contributed by atoms with van der Waals surface area (Å²) in [4.78, 5) is 17.7. The van der Waals surface area contributed by atoms with Gasteiger partial charge in [-0.1, -0.05) is 54.2 Å². The summed E-state index contributed by atoms with van der Waals surface area (Å²) in [5, 5.41) is 8.62. The SMILES string of the molecule is COc1ccc(C2C(C(=O)OC(C)C)=C(C)Nc3nc(SCc4ccccc4)nn32)cc1. The largest absolute Gasteiger partial charge is 0.497 e.